The molecule has 5 nitrogen and oxygen atoms in total. The van der Waals surface area contributed by atoms with Crippen LogP contribution in [-0.4, -0.2) is 24.7 Å². The second-order valence-corrected chi connectivity index (χ2v) is 5.93. The van der Waals surface area contributed by atoms with Crippen LogP contribution < -0.4 is 20.5 Å². The van der Waals surface area contributed by atoms with Crippen LogP contribution in [0.3, 0.4) is 0 Å². The summed E-state index contributed by atoms with van der Waals surface area (Å²) in [5.74, 6) is 1.27. The highest BCUT2D eigenvalue weighted by molar-refractivity contribution is 5.86. The SMILES string of the molecule is CCCC(C)(N)C(=O)NC(C)c1ccc(OCC)c(OCC)c1.Cl. The molecule has 138 valence electrons. The molecule has 1 rings (SSSR count). The Hall–Kier alpha value is -1.46. The van der Waals surface area contributed by atoms with Crippen LogP contribution >= 0.6 is 12.4 Å². The third-order valence-electron chi connectivity index (χ3n) is 3.70. The quantitative estimate of drug-likeness (QED) is 0.707. The van der Waals surface area contributed by atoms with Gasteiger partial charge in [0.05, 0.1) is 24.8 Å². The molecule has 0 fully saturated rings. The predicted molar refractivity (Wildman–Crippen MR) is 100 cm³/mol. The van der Waals surface area contributed by atoms with Gasteiger partial charge in [-0.05, 0) is 51.8 Å². The van der Waals surface area contributed by atoms with E-state index in [1.165, 1.54) is 0 Å². The molecule has 0 radical (unpaired) electrons. The molecule has 1 amide bonds. The lowest BCUT2D eigenvalue weighted by Crippen LogP contribution is -2.52. The monoisotopic (exact) mass is 358 g/mol. The van der Waals surface area contributed by atoms with Crippen molar-refractivity contribution in [2.75, 3.05) is 13.2 Å². The number of benzene rings is 1. The third-order valence-corrected chi connectivity index (χ3v) is 3.70. The second kappa shape index (κ2) is 10.4. The highest BCUT2D eigenvalue weighted by atomic mass is 35.5. The maximum atomic E-state index is 12.3. The molecule has 6 heteroatoms. The van der Waals surface area contributed by atoms with E-state index in [1.54, 1.807) is 6.92 Å². The van der Waals surface area contributed by atoms with Gasteiger partial charge >= 0.3 is 0 Å². The lowest BCUT2D eigenvalue weighted by molar-refractivity contribution is -0.126. The van der Waals surface area contributed by atoms with Crippen molar-refractivity contribution >= 4 is 18.3 Å². The Bertz CT molecular complexity index is 521. The topological polar surface area (TPSA) is 73.6 Å². The summed E-state index contributed by atoms with van der Waals surface area (Å²) in [6.07, 6.45) is 1.52. The van der Waals surface area contributed by atoms with Crippen LogP contribution in [0.25, 0.3) is 0 Å². The molecule has 3 N–H and O–H groups in total. The standard InChI is InChI=1S/C18H30N2O3.ClH/c1-6-11-18(5,19)17(21)20-13(4)14-9-10-15(22-7-2)16(12-14)23-8-3;/h9-10,12-13H,6-8,11,19H2,1-5H3,(H,20,21);1H. The van der Waals surface area contributed by atoms with Crippen molar-refractivity contribution < 1.29 is 14.3 Å². The van der Waals surface area contributed by atoms with Crippen LogP contribution in [0.5, 0.6) is 11.5 Å². The molecular formula is C18H31ClN2O3. The molecule has 1 aromatic rings. The molecule has 0 spiro atoms. The van der Waals surface area contributed by atoms with E-state index in [1.807, 2.05) is 45.9 Å². The Morgan fingerprint density at radius 1 is 1.21 bits per heavy atom. The Morgan fingerprint density at radius 2 is 1.79 bits per heavy atom. The summed E-state index contributed by atoms with van der Waals surface area (Å²) in [6.45, 7) is 10.7. The van der Waals surface area contributed by atoms with Crippen LogP contribution in [0.2, 0.25) is 0 Å². The first-order valence-corrected chi connectivity index (χ1v) is 8.35. The Balaban J connectivity index is 0.00000529. The molecule has 0 aliphatic carbocycles. The van der Waals surface area contributed by atoms with Crippen molar-refractivity contribution in [2.24, 2.45) is 5.73 Å². The summed E-state index contributed by atoms with van der Waals surface area (Å²) in [7, 11) is 0. The van der Waals surface area contributed by atoms with E-state index in [-0.39, 0.29) is 24.4 Å². The van der Waals surface area contributed by atoms with Gasteiger partial charge in [-0.3, -0.25) is 4.79 Å². The van der Waals surface area contributed by atoms with Gasteiger partial charge in [-0.15, -0.1) is 12.4 Å². The first kappa shape index (κ1) is 22.5. The molecule has 1 aromatic carbocycles. The van der Waals surface area contributed by atoms with Crippen molar-refractivity contribution in [3.8, 4) is 11.5 Å². The van der Waals surface area contributed by atoms with Crippen LogP contribution in [-0.2, 0) is 4.79 Å². The van der Waals surface area contributed by atoms with E-state index in [0.29, 0.717) is 31.1 Å². The fourth-order valence-corrected chi connectivity index (χ4v) is 2.41. The van der Waals surface area contributed by atoms with Gasteiger partial charge in [-0.25, -0.2) is 0 Å². The van der Waals surface area contributed by atoms with Crippen molar-refractivity contribution in [1.29, 1.82) is 0 Å². The first-order chi connectivity index (χ1) is 10.9. The van der Waals surface area contributed by atoms with Crippen LogP contribution in [0.1, 0.15) is 59.1 Å². The minimum absolute atomic E-state index is 0. The van der Waals surface area contributed by atoms with Gasteiger partial charge in [-0.1, -0.05) is 19.4 Å². The predicted octanol–water partition coefficient (Wildman–Crippen LogP) is 3.60. The Kier molecular flexibility index (Phi) is 9.78. The molecule has 0 aliphatic heterocycles. The van der Waals surface area contributed by atoms with Gasteiger partial charge in [-0.2, -0.15) is 0 Å². The van der Waals surface area contributed by atoms with Gasteiger partial charge in [0.2, 0.25) is 5.91 Å². The van der Waals surface area contributed by atoms with E-state index in [4.69, 9.17) is 15.2 Å². The molecule has 2 unspecified atom stereocenters. The molecule has 0 saturated heterocycles. The maximum absolute atomic E-state index is 12.3. The number of rotatable bonds is 9. The summed E-state index contributed by atoms with van der Waals surface area (Å²) in [5.41, 5.74) is 6.19. The van der Waals surface area contributed by atoms with Crippen LogP contribution in [0.4, 0.5) is 0 Å². The van der Waals surface area contributed by atoms with Crippen LogP contribution in [0, 0.1) is 0 Å². The summed E-state index contributed by atoms with van der Waals surface area (Å²) >= 11 is 0. The molecule has 2 atom stereocenters. The number of carbonyl (C=O) groups is 1. The highest BCUT2D eigenvalue weighted by Crippen LogP contribution is 2.30. The van der Waals surface area contributed by atoms with E-state index in [2.05, 4.69) is 5.32 Å². The molecular weight excluding hydrogens is 328 g/mol. The molecule has 0 aromatic heterocycles. The molecule has 0 heterocycles. The van der Waals surface area contributed by atoms with Gasteiger partial charge in [0.1, 0.15) is 0 Å². The van der Waals surface area contributed by atoms with E-state index < -0.39 is 5.54 Å². The molecule has 0 saturated carbocycles. The Morgan fingerprint density at radius 3 is 2.33 bits per heavy atom. The van der Waals surface area contributed by atoms with E-state index >= 15 is 0 Å². The molecule has 0 aliphatic rings. The van der Waals surface area contributed by atoms with E-state index in [0.717, 1.165) is 12.0 Å². The fourth-order valence-electron chi connectivity index (χ4n) is 2.41. The zero-order chi connectivity index (χ0) is 17.5. The largest absolute Gasteiger partial charge is 0.490 e. The highest BCUT2D eigenvalue weighted by Gasteiger charge is 2.28. The lowest BCUT2D eigenvalue weighted by atomic mass is 9.95. The number of hydrogen-bond donors (Lipinski definition) is 2. The molecule has 24 heavy (non-hydrogen) atoms. The number of hydrogen-bond acceptors (Lipinski definition) is 4. The number of ether oxygens (including phenoxy) is 2. The average Bonchev–Trinajstić information content (AvgIpc) is 2.49. The van der Waals surface area contributed by atoms with Crippen molar-refractivity contribution in [3.63, 3.8) is 0 Å². The normalized spacial score (nSPS) is 14.1. The van der Waals surface area contributed by atoms with Gasteiger partial charge < -0.3 is 20.5 Å². The fraction of sp³-hybridized carbons (Fsp3) is 0.611. The summed E-state index contributed by atoms with van der Waals surface area (Å²) < 4.78 is 11.2. The van der Waals surface area contributed by atoms with Gasteiger partial charge in [0.25, 0.3) is 0 Å². The summed E-state index contributed by atoms with van der Waals surface area (Å²) in [5, 5.41) is 2.98. The average molecular weight is 359 g/mol. The lowest BCUT2D eigenvalue weighted by Gasteiger charge is -2.26. The smallest absolute Gasteiger partial charge is 0.240 e. The summed E-state index contributed by atoms with van der Waals surface area (Å²) in [4.78, 5) is 12.3. The Labute approximate surface area is 151 Å². The minimum Gasteiger partial charge on any atom is -0.490 e. The van der Waals surface area contributed by atoms with E-state index in [9.17, 15) is 4.79 Å². The zero-order valence-electron chi connectivity index (χ0n) is 15.3. The number of carbonyl (C=O) groups excluding carboxylic acids is 1. The van der Waals surface area contributed by atoms with Crippen molar-refractivity contribution in [2.45, 2.75) is 59.0 Å². The third kappa shape index (κ3) is 6.21. The summed E-state index contributed by atoms with van der Waals surface area (Å²) in [6, 6.07) is 5.57. The van der Waals surface area contributed by atoms with Crippen LogP contribution in [0.15, 0.2) is 18.2 Å². The zero-order valence-corrected chi connectivity index (χ0v) is 16.2. The minimum atomic E-state index is -0.850. The molecule has 0 bridgehead atoms. The number of halogens is 1. The number of nitrogens with two attached hydrogens (primary N) is 1. The van der Waals surface area contributed by atoms with Crippen molar-refractivity contribution in [3.05, 3.63) is 23.8 Å². The number of nitrogens with one attached hydrogen (secondary N) is 1. The van der Waals surface area contributed by atoms with Crippen molar-refractivity contribution in [1.82, 2.24) is 5.32 Å². The van der Waals surface area contributed by atoms with Gasteiger partial charge in [0.15, 0.2) is 11.5 Å². The van der Waals surface area contributed by atoms with Gasteiger partial charge in [0, 0.05) is 0 Å². The number of amides is 1. The second-order valence-electron chi connectivity index (χ2n) is 5.93. The maximum Gasteiger partial charge on any atom is 0.240 e. The first-order valence-electron chi connectivity index (χ1n) is 8.35.